The van der Waals surface area contributed by atoms with E-state index in [0.717, 1.165) is 34.0 Å². The first kappa shape index (κ1) is 20.0. The number of thioether (sulfide) groups is 1. The maximum Gasteiger partial charge on any atom is 0.269 e. The van der Waals surface area contributed by atoms with Gasteiger partial charge >= 0.3 is 0 Å². The van der Waals surface area contributed by atoms with Crippen LogP contribution in [0.25, 0.3) is 11.0 Å². The number of fused-ring (bicyclic) bond motifs is 2. The van der Waals surface area contributed by atoms with Gasteiger partial charge in [-0.25, -0.2) is 4.98 Å². The lowest BCUT2D eigenvalue weighted by Gasteiger charge is -2.23. The summed E-state index contributed by atoms with van der Waals surface area (Å²) in [5.41, 5.74) is 7.61. The van der Waals surface area contributed by atoms with E-state index in [1.165, 1.54) is 11.8 Å². The molecule has 9 heteroatoms. The highest BCUT2D eigenvalue weighted by atomic mass is 32.2. The summed E-state index contributed by atoms with van der Waals surface area (Å²) in [7, 11) is 0. The van der Waals surface area contributed by atoms with Gasteiger partial charge in [0.15, 0.2) is 0 Å². The predicted molar refractivity (Wildman–Crippen MR) is 115 cm³/mol. The molecular formula is C21H21N5O3S. The van der Waals surface area contributed by atoms with Crippen molar-refractivity contribution < 1.29 is 14.4 Å². The van der Waals surface area contributed by atoms with E-state index in [1.54, 1.807) is 12.1 Å². The fraction of sp³-hybridized carbons (Fsp3) is 0.238. The van der Waals surface area contributed by atoms with Crippen molar-refractivity contribution in [1.29, 1.82) is 0 Å². The number of nitrogens with one attached hydrogen (secondary N) is 3. The largest absolute Gasteiger partial charge is 0.329 e. The highest BCUT2D eigenvalue weighted by molar-refractivity contribution is 8.01. The van der Waals surface area contributed by atoms with Gasteiger partial charge in [-0.3, -0.25) is 25.2 Å². The number of anilines is 1. The number of hydrogen-bond acceptors (Lipinski definition) is 5. The van der Waals surface area contributed by atoms with Gasteiger partial charge in [-0.15, -0.1) is 11.8 Å². The molecule has 1 aromatic heterocycles. The molecule has 154 valence electrons. The third-order valence-corrected chi connectivity index (χ3v) is 6.19. The van der Waals surface area contributed by atoms with E-state index in [0.29, 0.717) is 5.56 Å². The second kappa shape index (κ2) is 8.19. The number of aryl methyl sites for hydroxylation is 2. The summed E-state index contributed by atoms with van der Waals surface area (Å²) in [5, 5.41) is 2.24. The summed E-state index contributed by atoms with van der Waals surface area (Å²) in [6, 6.07) is 12.7. The summed E-state index contributed by atoms with van der Waals surface area (Å²) in [6.07, 6.45) is -0.0513. The molecule has 0 fully saturated rings. The average Bonchev–Trinajstić information content (AvgIpc) is 3.06. The predicted octanol–water partition coefficient (Wildman–Crippen LogP) is 2.63. The number of carbonyl (C=O) groups is 3. The topological polar surface area (TPSA) is 105 Å². The molecule has 8 nitrogen and oxygen atoms in total. The van der Waals surface area contributed by atoms with Crippen molar-refractivity contribution in [1.82, 2.24) is 20.4 Å². The number of benzene rings is 2. The molecule has 0 saturated carbocycles. The van der Waals surface area contributed by atoms with Crippen LogP contribution in [0.3, 0.4) is 0 Å². The molecule has 2 aromatic carbocycles. The van der Waals surface area contributed by atoms with Crippen molar-refractivity contribution in [3.05, 3.63) is 53.9 Å². The first-order valence-electron chi connectivity index (χ1n) is 9.59. The highest BCUT2D eigenvalue weighted by Crippen LogP contribution is 2.36. The maximum atomic E-state index is 12.4. The zero-order valence-electron chi connectivity index (χ0n) is 16.6. The first-order chi connectivity index (χ1) is 14.5. The summed E-state index contributed by atoms with van der Waals surface area (Å²) < 4.78 is 2.06. The van der Waals surface area contributed by atoms with Crippen LogP contribution < -0.4 is 16.2 Å². The Morgan fingerprint density at radius 1 is 1.20 bits per heavy atom. The van der Waals surface area contributed by atoms with Crippen LogP contribution in [0, 0.1) is 6.92 Å². The van der Waals surface area contributed by atoms with Gasteiger partial charge in [0.2, 0.25) is 11.8 Å². The van der Waals surface area contributed by atoms with Gasteiger partial charge in [0.05, 0.1) is 22.0 Å². The van der Waals surface area contributed by atoms with Gasteiger partial charge in [0, 0.05) is 23.4 Å². The van der Waals surface area contributed by atoms with Crippen LogP contribution in [0.5, 0.6) is 0 Å². The molecule has 0 aliphatic carbocycles. The minimum atomic E-state index is -0.561. The zero-order chi connectivity index (χ0) is 21.3. The van der Waals surface area contributed by atoms with Crippen LogP contribution in [-0.4, -0.2) is 32.5 Å². The number of aromatic nitrogens is 2. The molecule has 3 amide bonds. The maximum absolute atomic E-state index is 12.4. The second-order valence-corrected chi connectivity index (χ2v) is 8.15. The van der Waals surface area contributed by atoms with Crippen molar-refractivity contribution in [3.8, 4) is 0 Å². The number of para-hydroxylation sites is 1. The molecule has 0 saturated heterocycles. The number of rotatable bonds is 4. The van der Waals surface area contributed by atoms with E-state index < -0.39 is 17.1 Å². The van der Waals surface area contributed by atoms with Crippen molar-refractivity contribution in [2.45, 2.75) is 37.0 Å². The van der Waals surface area contributed by atoms with Crippen molar-refractivity contribution in [2.75, 3.05) is 5.32 Å². The lowest BCUT2D eigenvalue weighted by atomic mass is 10.2. The minimum absolute atomic E-state index is 0.0513. The van der Waals surface area contributed by atoms with E-state index in [9.17, 15) is 14.4 Å². The standard InChI is InChI=1S/C21H21N5O3S/c1-3-26-12(2)22-15-10-13(8-9-16(15)26)20(28)25-24-19(27)11-18-21(29)23-14-6-4-5-7-17(14)30-18/h4-10,18H,3,11H2,1-2H3,(H,23,29)(H,24,27)(H,25,28)/t18-/m0/s1. The van der Waals surface area contributed by atoms with Crippen LogP contribution in [0.1, 0.15) is 29.5 Å². The highest BCUT2D eigenvalue weighted by Gasteiger charge is 2.28. The molecule has 0 radical (unpaired) electrons. The Hall–Kier alpha value is -3.33. The van der Waals surface area contributed by atoms with Crippen molar-refractivity contribution >= 4 is 46.2 Å². The van der Waals surface area contributed by atoms with E-state index in [1.807, 2.05) is 44.2 Å². The van der Waals surface area contributed by atoms with Gasteiger partial charge in [-0.2, -0.15) is 0 Å². The SMILES string of the molecule is CCn1c(C)nc2cc(C(=O)NNC(=O)C[C@@H]3Sc4ccccc4NC3=O)ccc21. The van der Waals surface area contributed by atoms with Crippen LogP contribution in [-0.2, 0) is 16.1 Å². The number of imidazole rings is 1. The second-order valence-electron chi connectivity index (χ2n) is 6.91. The first-order valence-corrected chi connectivity index (χ1v) is 10.5. The van der Waals surface area contributed by atoms with E-state index in [4.69, 9.17) is 0 Å². The van der Waals surface area contributed by atoms with Crippen LogP contribution >= 0.6 is 11.8 Å². The number of hydrazine groups is 1. The van der Waals surface area contributed by atoms with Gasteiger partial charge in [-0.05, 0) is 44.2 Å². The lowest BCUT2D eigenvalue weighted by Crippen LogP contribution is -2.44. The molecule has 1 aliphatic rings. The molecular weight excluding hydrogens is 402 g/mol. The average molecular weight is 423 g/mol. The molecule has 0 unspecified atom stereocenters. The summed E-state index contributed by atoms with van der Waals surface area (Å²) in [4.78, 5) is 42.3. The normalized spacial score (nSPS) is 15.4. The van der Waals surface area contributed by atoms with Gasteiger partial charge in [0.25, 0.3) is 5.91 Å². The fourth-order valence-corrected chi connectivity index (χ4v) is 4.55. The lowest BCUT2D eigenvalue weighted by molar-refractivity contribution is -0.124. The number of hydrogen-bond donors (Lipinski definition) is 3. The number of carbonyl (C=O) groups excluding carboxylic acids is 3. The Kier molecular flexibility index (Phi) is 5.45. The minimum Gasteiger partial charge on any atom is -0.329 e. The number of nitrogens with zero attached hydrogens (tertiary/aromatic N) is 2. The van der Waals surface area contributed by atoms with Crippen LogP contribution in [0.2, 0.25) is 0 Å². The fourth-order valence-electron chi connectivity index (χ4n) is 3.44. The quantitative estimate of drug-likeness (QED) is 0.560. The molecule has 1 atom stereocenters. The smallest absolute Gasteiger partial charge is 0.269 e. The molecule has 4 rings (SSSR count). The van der Waals surface area contributed by atoms with Gasteiger partial charge in [-0.1, -0.05) is 12.1 Å². The Labute approximate surface area is 177 Å². The molecule has 3 aromatic rings. The van der Waals surface area contributed by atoms with E-state index >= 15 is 0 Å². The molecule has 3 N–H and O–H groups in total. The summed E-state index contributed by atoms with van der Waals surface area (Å²) >= 11 is 1.34. The van der Waals surface area contributed by atoms with Crippen molar-refractivity contribution in [2.24, 2.45) is 0 Å². The molecule has 0 bridgehead atoms. The third-order valence-electron chi connectivity index (χ3n) is 4.91. The summed E-state index contributed by atoms with van der Waals surface area (Å²) in [5.74, 6) is -0.238. The van der Waals surface area contributed by atoms with Gasteiger partial charge in [0.1, 0.15) is 5.82 Å². The molecule has 1 aliphatic heterocycles. The zero-order valence-corrected chi connectivity index (χ0v) is 17.4. The van der Waals surface area contributed by atoms with E-state index in [2.05, 4.69) is 25.7 Å². The number of amides is 3. The monoisotopic (exact) mass is 423 g/mol. The Morgan fingerprint density at radius 3 is 2.80 bits per heavy atom. The molecule has 30 heavy (non-hydrogen) atoms. The molecule has 2 heterocycles. The summed E-state index contributed by atoms with van der Waals surface area (Å²) in [6.45, 7) is 4.75. The third kappa shape index (κ3) is 3.88. The molecule has 0 spiro atoms. The van der Waals surface area contributed by atoms with Gasteiger partial charge < -0.3 is 9.88 Å². The Balaban J connectivity index is 1.36. The van der Waals surface area contributed by atoms with Crippen LogP contribution in [0.15, 0.2) is 47.4 Å². The van der Waals surface area contributed by atoms with Crippen molar-refractivity contribution in [3.63, 3.8) is 0 Å². The Morgan fingerprint density at radius 2 is 2.00 bits per heavy atom. The Bertz CT molecular complexity index is 1160. The van der Waals surface area contributed by atoms with Crippen LogP contribution in [0.4, 0.5) is 5.69 Å². The van der Waals surface area contributed by atoms with E-state index in [-0.39, 0.29) is 12.3 Å².